The molecule has 0 aliphatic heterocycles. The van der Waals surface area contributed by atoms with Crippen molar-refractivity contribution in [2.75, 3.05) is 12.0 Å². The van der Waals surface area contributed by atoms with E-state index in [1.165, 1.54) is 24.0 Å². The molecule has 1 atom stereocenters. The van der Waals surface area contributed by atoms with Crippen molar-refractivity contribution >= 4 is 28.9 Å². The first-order chi connectivity index (χ1) is 10.5. The van der Waals surface area contributed by atoms with Gasteiger partial charge >= 0.3 is 5.97 Å². The second-order valence-electron chi connectivity index (χ2n) is 5.95. The summed E-state index contributed by atoms with van der Waals surface area (Å²) in [5.41, 5.74) is 2.02. The SMILES string of the molecule is COC(=O)c1sccc1N(C(=O)C1CC=C(C)CC1)C(C)C. The number of ether oxygens (including phenoxy) is 1. The van der Waals surface area contributed by atoms with Crippen molar-refractivity contribution in [1.29, 1.82) is 0 Å². The smallest absolute Gasteiger partial charge is 0.350 e. The minimum atomic E-state index is -0.386. The predicted octanol–water partition coefficient (Wildman–Crippen LogP) is 4.02. The van der Waals surface area contributed by atoms with E-state index in [4.69, 9.17) is 4.74 Å². The molecule has 0 radical (unpaired) electrons. The quantitative estimate of drug-likeness (QED) is 0.621. The molecule has 0 saturated carbocycles. The highest BCUT2D eigenvalue weighted by Gasteiger charge is 2.31. The Labute approximate surface area is 135 Å². The number of anilines is 1. The van der Waals surface area contributed by atoms with Gasteiger partial charge in [-0.3, -0.25) is 4.79 Å². The molecule has 5 heteroatoms. The lowest BCUT2D eigenvalue weighted by Crippen LogP contribution is -2.42. The average Bonchev–Trinajstić information content (AvgIpc) is 2.96. The molecule has 1 heterocycles. The standard InChI is InChI=1S/C17H23NO3S/c1-11(2)18(14-9-10-22-15(14)17(20)21-4)16(19)13-7-5-12(3)6-8-13/h5,9-11,13H,6-8H2,1-4H3. The van der Waals surface area contributed by atoms with Gasteiger partial charge in [0, 0.05) is 12.0 Å². The number of hydrogen-bond donors (Lipinski definition) is 0. The number of carbonyl (C=O) groups is 2. The van der Waals surface area contributed by atoms with Crippen molar-refractivity contribution in [3.63, 3.8) is 0 Å². The van der Waals surface area contributed by atoms with E-state index >= 15 is 0 Å². The van der Waals surface area contributed by atoms with Gasteiger partial charge in [0.15, 0.2) is 0 Å². The van der Waals surface area contributed by atoms with Crippen LogP contribution < -0.4 is 4.90 Å². The molecule has 1 amide bonds. The summed E-state index contributed by atoms with van der Waals surface area (Å²) in [4.78, 5) is 27.1. The first-order valence-electron chi connectivity index (χ1n) is 7.60. The number of allylic oxidation sites excluding steroid dienone is 2. The molecule has 120 valence electrons. The number of esters is 1. The molecule has 0 fully saturated rings. The Hall–Kier alpha value is -1.62. The molecule has 1 aliphatic rings. The largest absolute Gasteiger partial charge is 0.465 e. The van der Waals surface area contributed by atoms with Gasteiger partial charge in [0.05, 0.1) is 12.8 Å². The molecule has 2 rings (SSSR count). The maximum atomic E-state index is 13.0. The number of thiophene rings is 1. The minimum absolute atomic E-state index is 0.00231. The number of carbonyl (C=O) groups excluding carboxylic acids is 2. The molecule has 4 nitrogen and oxygen atoms in total. The molecular formula is C17H23NO3S. The summed E-state index contributed by atoms with van der Waals surface area (Å²) in [6, 6.07) is 1.83. The lowest BCUT2D eigenvalue weighted by Gasteiger charge is -2.31. The topological polar surface area (TPSA) is 46.6 Å². The summed E-state index contributed by atoms with van der Waals surface area (Å²) < 4.78 is 4.83. The van der Waals surface area contributed by atoms with Gasteiger partial charge in [0.1, 0.15) is 4.88 Å². The maximum Gasteiger partial charge on any atom is 0.350 e. The van der Waals surface area contributed by atoms with Crippen LogP contribution in [-0.4, -0.2) is 25.0 Å². The molecular weight excluding hydrogens is 298 g/mol. The third-order valence-corrected chi connectivity index (χ3v) is 4.90. The third-order valence-electron chi connectivity index (χ3n) is 4.02. The van der Waals surface area contributed by atoms with Crippen LogP contribution in [0.25, 0.3) is 0 Å². The van der Waals surface area contributed by atoms with Crippen LogP contribution in [0.2, 0.25) is 0 Å². The summed E-state index contributed by atoms with van der Waals surface area (Å²) in [6.07, 6.45) is 4.78. The van der Waals surface area contributed by atoms with Crippen LogP contribution in [0.3, 0.4) is 0 Å². The highest BCUT2D eigenvalue weighted by Crippen LogP contribution is 2.32. The van der Waals surface area contributed by atoms with Crippen LogP contribution in [0.15, 0.2) is 23.1 Å². The first kappa shape index (κ1) is 16.7. The summed E-state index contributed by atoms with van der Waals surface area (Å²) in [6.45, 7) is 6.05. The Balaban J connectivity index is 2.29. The zero-order chi connectivity index (χ0) is 16.3. The van der Waals surface area contributed by atoms with E-state index in [1.54, 1.807) is 4.90 Å². The molecule has 0 saturated heterocycles. The lowest BCUT2D eigenvalue weighted by atomic mass is 9.89. The maximum absolute atomic E-state index is 13.0. The normalized spacial score (nSPS) is 18.0. The second kappa shape index (κ2) is 7.09. The number of hydrogen-bond acceptors (Lipinski definition) is 4. The Morgan fingerprint density at radius 1 is 1.41 bits per heavy atom. The van der Waals surface area contributed by atoms with E-state index in [1.807, 2.05) is 25.3 Å². The van der Waals surface area contributed by atoms with Gasteiger partial charge in [-0.05, 0) is 51.5 Å². The third kappa shape index (κ3) is 3.40. The van der Waals surface area contributed by atoms with Gasteiger partial charge in [0.25, 0.3) is 0 Å². The Morgan fingerprint density at radius 2 is 2.14 bits per heavy atom. The van der Waals surface area contributed by atoms with Crippen LogP contribution in [-0.2, 0) is 9.53 Å². The number of rotatable bonds is 4. The molecule has 0 N–H and O–H groups in total. The van der Waals surface area contributed by atoms with Gasteiger partial charge in [-0.1, -0.05) is 11.6 Å². The summed E-state index contributed by atoms with van der Waals surface area (Å²) in [7, 11) is 1.36. The van der Waals surface area contributed by atoms with Gasteiger partial charge in [-0.15, -0.1) is 11.3 Å². The fourth-order valence-electron chi connectivity index (χ4n) is 2.78. The molecule has 0 bridgehead atoms. The van der Waals surface area contributed by atoms with Crippen LogP contribution in [0.5, 0.6) is 0 Å². The predicted molar refractivity (Wildman–Crippen MR) is 89.4 cm³/mol. The van der Waals surface area contributed by atoms with Crippen LogP contribution in [0.4, 0.5) is 5.69 Å². The Morgan fingerprint density at radius 3 is 2.68 bits per heavy atom. The van der Waals surface area contributed by atoms with Crippen molar-refractivity contribution < 1.29 is 14.3 Å². The summed E-state index contributed by atoms with van der Waals surface area (Å²) in [5.74, 6) is -0.290. The second-order valence-corrected chi connectivity index (χ2v) is 6.87. The number of methoxy groups -OCH3 is 1. The number of nitrogens with zero attached hydrogens (tertiary/aromatic N) is 1. The Kier molecular flexibility index (Phi) is 5.40. The minimum Gasteiger partial charge on any atom is -0.465 e. The van der Waals surface area contributed by atoms with E-state index < -0.39 is 0 Å². The highest BCUT2D eigenvalue weighted by atomic mass is 32.1. The molecule has 1 unspecified atom stereocenters. The monoisotopic (exact) mass is 321 g/mol. The van der Waals surface area contributed by atoms with Crippen LogP contribution in [0, 0.1) is 5.92 Å². The zero-order valence-corrected chi connectivity index (χ0v) is 14.4. The van der Waals surface area contributed by atoms with E-state index in [0.717, 1.165) is 19.3 Å². The zero-order valence-electron chi connectivity index (χ0n) is 13.6. The van der Waals surface area contributed by atoms with Gasteiger partial charge in [-0.2, -0.15) is 0 Å². The molecule has 0 aromatic carbocycles. The van der Waals surface area contributed by atoms with Gasteiger partial charge in [-0.25, -0.2) is 4.79 Å². The fourth-order valence-corrected chi connectivity index (χ4v) is 3.57. The van der Waals surface area contributed by atoms with E-state index in [2.05, 4.69) is 13.0 Å². The van der Waals surface area contributed by atoms with Crippen molar-refractivity contribution in [2.45, 2.75) is 46.1 Å². The van der Waals surface area contributed by atoms with E-state index in [0.29, 0.717) is 10.6 Å². The van der Waals surface area contributed by atoms with E-state index in [9.17, 15) is 9.59 Å². The molecule has 1 aromatic rings. The first-order valence-corrected chi connectivity index (χ1v) is 8.48. The van der Waals surface area contributed by atoms with Crippen molar-refractivity contribution in [2.24, 2.45) is 5.92 Å². The van der Waals surface area contributed by atoms with Crippen molar-refractivity contribution in [1.82, 2.24) is 0 Å². The highest BCUT2D eigenvalue weighted by molar-refractivity contribution is 7.12. The van der Waals surface area contributed by atoms with Crippen molar-refractivity contribution in [3.8, 4) is 0 Å². The van der Waals surface area contributed by atoms with Gasteiger partial charge < -0.3 is 9.64 Å². The molecule has 0 spiro atoms. The average molecular weight is 321 g/mol. The van der Waals surface area contributed by atoms with Crippen molar-refractivity contribution in [3.05, 3.63) is 28.0 Å². The molecule has 1 aromatic heterocycles. The summed E-state index contributed by atoms with van der Waals surface area (Å²) in [5, 5.41) is 1.83. The lowest BCUT2D eigenvalue weighted by molar-refractivity contribution is -0.123. The molecule has 22 heavy (non-hydrogen) atoms. The van der Waals surface area contributed by atoms with Gasteiger partial charge in [0.2, 0.25) is 5.91 Å². The fraction of sp³-hybridized carbons (Fsp3) is 0.529. The van der Waals surface area contributed by atoms with Crippen LogP contribution in [0.1, 0.15) is 49.7 Å². The molecule has 1 aliphatic carbocycles. The van der Waals surface area contributed by atoms with Crippen LogP contribution >= 0.6 is 11.3 Å². The summed E-state index contributed by atoms with van der Waals surface area (Å²) >= 11 is 1.31. The van der Waals surface area contributed by atoms with E-state index in [-0.39, 0.29) is 23.8 Å². The number of amides is 1. The Bertz CT molecular complexity index is 588.